The van der Waals surface area contributed by atoms with Gasteiger partial charge in [-0.15, -0.1) is 0 Å². The minimum absolute atomic E-state index is 0.517. The first kappa shape index (κ1) is 13.4. The fourth-order valence-electron chi connectivity index (χ4n) is 3.82. The van der Waals surface area contributed by atoms with Gasteiger partial charge < -0.3 is 5.32 Å². The highest BCUT2D eigenvalue weighted by Crippen LogP contribution is 2.38. The summed E-state index contributed by atoms with van der Waals surface area (Å²) in [6, 6.07) is 0.759. The minimum Gasteiger partial charge on any atom is -0.313 e. The highest BCUT2D eigenvalue weighted by atomic mass is 14.9. The molecule has 0 aromatic heterocycles. The van der Waals surface area contributed by atoms with Gasteiger partial charge in [-0.1, -0.05) is 52.9 Å². The molecule has 0 spiro atoms. The van der Waals surface area contributed by atoms with Gasteiger partial charge in [0.05, 0.1) is 0 Å². The van der Waals surface area contributed by atoms with Crippen LogP contribution in [0.1, 0.15) is 78.6 Å². The van der Waals surface area contributed by atoms with Gasteiger partial charge in [0, 0.05) is 12.6 Å². The number of hydrogen-bond acceptors (Lipinski definition) is 1. The lowest BCUT2D eigenvalue weighted by Gasteiger charge is -2.42. The summed E-state index contributed by atoms with van der Waals surface area (Å²) in [4.78, 5) is 0. The van der Waals surface area contributed by atoms with E-state index in [9.17, 15) is 0 Å². The summed E-state index contributed by atoms with van der Waals surface area (Å²) in [5, 5.41) is 3.92. The molecule has 1 heteroatoms. The van der Waals surface area contributed by atoms with Crippen molar-refractivity contribution in [1.29, 1.82) is 0 Å². The highest BCUT2D eigenvalue weighted by Gasteiger charge is 2.34. The first-order valence-corrected chi connectivity index (χ1v) is 7.75. The third-order valence-corrected chi connectivity index (χ3v) is 5.34. The standard InChI is InChI=1S/C16H31N/c1-15(2)10-8-5-9-14(15)17-13-16(3)11-6-4-7-12-16/h14,17H,4-13H2,1-3H3. The van der Waals surface area contributed by atoms with Gasteiger partial charge >= 0.3 is 0 Å². The molecular formula is C16H31N. The molecule has 0 saturated heterocycles. The Morgan fingerprint density at radius 3 is 2.18 bits per heavy atom. The van der Waals surface area contributed by atoms with Crippen molar-refractivity contribution < 1.29 is 0 Å². The third-order valence-electron chi connectivity index (χ3n) is 5.34. The average molecular weight is 237 g/mol. The van der Waals surface area contributed by atoms with Crippen LogP contribution in [0.25, 0.3) is 0 Å². The molecule has 1 unspecified atom stereocenters. The lowest BCUT2D eigenvalue weighted by Crippen LogP contribution is -2.48. The van der Waals surface area contributed by atoms with Crippen molar-refractivity contribution in [2.75, 3.05) is 6.54 Å². The Balaban J connectivity index is 1.84. The molecule has 1 atom stereocenters. The van der Waals surface area contributed by atoms with E-state index in [-0.39, 0.29) is 0 Å². The van der Waals surface area contributed by atoms with E-state index < -0.39 is 0 Å². The van der Waals surface area contributed by atoms with Gasteiger partial charge in [-0.05, 0) is 36.5 Å². The van der Waals surface area contributed by atoms with E-state index in [2.05, 4.69) is 26.1 Å². The highest BCUT2D eigenvalue weighted by molar-refractivity contribution is 4.90. The van der Waals surface area contributed by atoms with Gasteiger partial charge in [0.1, 0.15) is 0 Å². The van der Waals surface area contributed by atoms with Gasteiger partial charge in [-0.25, -0.2) is 0 Å². The molecule has 0 amide bonds. The monoisotopic (exact) mass is 237 g/mol. The van der Waals surface area contributed by atoms with Crippen molar-refractivity contribution >= 4 is 0 Å². The van der Waals surface area contributed by atoms with Crippen LogP contribution in [-0.2, 0) is 0 Å². The summed E-state index contributed by atoms with van der Waals surface area (Å²) in [7, 11) is 0. The Morgan fingerprint density at radius 2 is 1.53 bits per heavy atom. The fourth-order valence-corrected chi connectivity index (χ4v) is 3.82. The van der Waals surface area contributed by atoms with Crippen LogP contribution in [0, 0.1) is 10.8 Å². The largest absolute Gasteiger partial charge is 0.313 e. The Kier molecular flexibility index (Phi) is 4.18. The second kappa shape index (κ2) is 5.30. The van der Waals surface area contributed by atoms with E-state index in [0.29, 0.717) is 10.8 Å². The number of rotatable bonds is 3. The molecule has 100 valence electrons. The molecule has 0 radical (unpaired) electrons. The lowest BCUT2D eigenvalue weighted by atomic mass is 9.71. The zero-order valence-corrected chi connectivity index (χ0v) is 12.1. The molecule has 2 saturated carbocycles. The van der Waals surface area contributed by atoms with Crippen LogP contribution >= 0.6 is 0 Å². The van der Waals surface area contributed by atoms with Gasteiger partial charge in [0.15, 0.2) is 0 Å². The van der Waals surface area contributed by atoms with E-state index in [4.69, 9.17) is 0 Å². The van der Waals surface area contributed by atoms with Gasteiger partial charge in [0.2, 0.25) is 0 Å². The Labute approximate surface area is 108 Å². The predicted octanol–water partition coefficient (Wildman–Crippen LogP) is 4.52. The predicted molar refractivity (Wildman–Crippen MR) is 75.2 cm³/mol. The first-order chi connectivity index (χ1) is 8.02. The Bertz CT molecular complexity index is 238. The van der Waals surface area contributed by atoms with Crippen LogP contribution in [0.15, 0.2) is 0 Å². The summed E-state index contributed by atoms with van der Waals surface area (Å²) in [6.07, 6.45) is 12.9. The molecule has 0 heterocycles. The van der Waals surface area contributed by atoms with Gasteiger partial charge in [-0.3, -0.25) is 0 Å². The topological polar surface area (TPSA) is 12.0 Å². The molecule has 17 heavy (non-hydrogen) atoms. The van der Waals surface area contributed by atoms with Crippen molar-refractivity contribution in [3.63, 3.8) is 0 Å². The van der Waals surface area contributed by atoms with Crippen LogP contribution in [0.5, 0.6) is 0 Å². The molecule has 2 fully saturated rings. The SMILES string of the molecule is CC1(CNC2CCCCC2(C)C)CCCCC1. The van der Waals surface area contributed by atoms with E-state index in [1.165, 1.54) is 64.3 Å². The zero-order chi connectivity index (χ0) is 12.4. The Hall–Kier alpha value is -0.0400. The van der Waals surface area contributed by atoms with Crippen molar-refractivity contribution in [3.05, 3.63) is 0 Å². The maximum Gasteiger partial charge on any atom is 0.0118 e. The quantitative estimate of drug-likeness (QED) is 0.761. The number of nitrogens with one attached hydrogen (secondary N) is 1. The van der Waals surface area contributed by atoms with Crippen LogP contribution < -0.4 is 5.32 Å². The molecule has 1 nitrogen and oxygen atoms in total. The maximum absolute atomic E-state index is 3.92. The molecule has 2 aliphatic carbocycles. The average Bonchev–Trinajstić information content (AvgIpc) is 2.28. The maximum atomic E-state index is 3.92. The van der Waals surface area contributed by atoms with E-state index in [0.717, 1.165) is 6.04 Å². The molecule has 0 bridgehead atoms. The zero-order valence-electron chi connectivity index (χ0n) is 12.1. The lowest BCUT2D eigenvalue weighted by molar-refractivity contribution is 0.133. The van der Waals surface area contributed by atoms with E-state index in [1.54, 1.807) is 0 Å². The van der Waals surface area contributed by atoms with Gasteiger partial charge in [-0.2, -0.15) is 0 Å². The van der Waals surface area contributed by atoms with Crippen molar-refractivity contribution in [2.24, 2.45) is 10.8 Å². The van der Waals surface area contributed by atoms with Crippen LogP contribution in [0.2, 0.25) is 0 Å². The molecule has 0 aliphatic heterocycles. The molecule has 0 aromatic rings. The van der Waals surface area contributed by atoms with Crippen molar-refractivity contribution in [3.8, 4) is 0 Å². The van der Waals surface area contributed by atoms with Crippen molar-refractivity contribution in [1.82, 2.24) is 5.32 Å². The molecule has 2 aliphatic rings. The van der Waals surface area contributed by atoms with Crippen LogP contribution in [0.4, 0.5) is 0 Å². The Morgan fingerprint density at radius 1 is 0.882 bits per heavy atom. The van der Waals surface area contributed by atoms with E-state index in [1.807, 2.05) is 0 Å². The molecular weight excluding hydrogens is 206 g/mol. The smallest absolute Gasteiger partial charge is 0.0118 e. The van der Waals surface area contributed by atoms with Gasteiger partial charge in [0.25, 0.3) is 0 Å². The summed E-state index contributed by atoms with van der Waals surface area (Å²) in [6.45, 7) is 8.65. The van der Waals surface area contributed by atoms with Crippen LogP contribution in [-0.4, -0.2) is 12.6 Å². The minimum atomic E-state index is 0.517. The second-order valence-electron chi connectivity index (χ2n) is 7.54. The summed E-state index contributed by atoms with van der Waals surface area (Å²) >= 11 is 0. The molecule has 1 N–H and O–H groups in total. The molecule has 0 aromatic carbocycles. The summed E-state index contributed by atoms with van der Waals surface area (Å²) in [5.74, 6) is 0. The number of hydrogen-bond donors (Lipinski definition) is 1. The van der Waals surface area contributed by atoms with Crippen LogP contribution in [0.3, 0.4) is 0 Å². The normalized spacial score (nSPS) is 32.3. The summed E-state index contributed by atoms with van der Waals surface area (Å²) in [5.41, 5.74) is 1.11. The summed E-state index contributed by atoms with van der Waals surface area (Å²) < 4.78 is 0. The second-order valence-corrected chi connectivity index (χ2v) is 7.54. The van der Waals surface area contributed by atoms with E-state index >= 15 is 0 Å². The third kappa shape index (κ3) is 3.47. The first-order valence-electron chi connectivity index (χ1n) is 7.75. The van der Waals surface area contributed by atoms with Crippen molar-refractivity contribution in [2.45, 2.75) is 84.6 Å². The fraction of sp³-hybridized carbons (Fsp3) is 1.00. The molecule has 2 rings (SSSR count).